The number of hydrogen-bond acceptors (Lipinski definition) is 3. The molecule has 124 valence electrons. The van der Waals surface area contributed by atoms with Crippen LogP contribution in [0.3, 0.4) is 0 Å². The fraction of sp³-hybridized carbons (Fsp3) is 0.684. The van der Waals surface area contributed by atoms with Crippen LogP contribution < -0.4 is 4.74 Å². The quantitative estimate of drug-likeness (QED) is 0.748. The summed E-state index contributed by atoms with van der Waals surface area (Å²) in [6, 6.07) is 4.47. The summed E-state index contributed by atoms with van der Waals surface area (Å²) < 4.78 is 11.3. The van der Waals surface area contributed by atoms with Crippen LogP contribution in [0.4, 0.5) is 0 Å². The topological polar surface area (TPSA) is 21.7 Å². The molecule has 0 amide bonds. The van der Waals surface area contributed by atoms with Crippen molar-refractivity contribution in [3.63, 3.8) is 0 Å². The lowest BCUT2D eigenvalue weighted by atomic mass is 9.93. The van der Waals surface area contributed by atoms with Gasteiger partial charge in [-0.3, -0.25) is 4.90 Å². The predicted octanol–water partition coefficient (Wildman–Crippen LogP) is 4.34. The van der Waals surface area contributed by atoms with Crippen molar-refractivity contribution in [1.29, 1.82) is 0 Å². The molecule has 22 heavy (non-hydrogen) atoms. The minimum Gasteiger partial charge on any atom is -0.496 e. The van der Waals surface area contributed by atoms with Gasteiger partial charge >= 0.3 is 0 Å². The zero-order valence-corrected chi connectivity index (χ0v) is 14.7. The van der Waals surface area contributed by atoms with E-state index in [4.69, 9.17) is 9.47 Å². The first kappa shape index (κ1) is 17.3. The molecule has 3 heteroatoms. The van der Waals surface area contributed by atoms with Crippen LogP contribution in [0.15, 0.2) is 12.1 Å². The Labute approximate surface area is 135 Å². The Morgan fingerprint density at radius 3 is 2.45 bits per heavy atom. The molecule has 1 aromatic carbocycles. The van der Waals surface area contributed by atoms with E-state index in [1.54, 1.807) is 7.11 Å². The van der Waals surface area contributed by atoms with E-state index in [9.17, 15) is 0 Å². The number of methoxy groups -OCH3 is 1. The normalized spacial score (nSPS) is 16.2. The Hall–Kier alpha value is -1.06. The first-order valence-corrected chi connectivity index (χ1v) is 8.65. The molecule has 1 fully saturated rings. The predicted molar refractivity (Wildman–Crippen MR) is 91.5 cm³/mol. The Morgan fingerprint density at radius 1 is 1.14 bits per heavy atom. The maximum Gasteiger partial charge on any atom is 0.122 e. The van der Waals surface area contributed by atoms with Crippen molar-refractivity contribution in [1.82, 2.24) is 4.90 Å². The van der Waals surface area contributed by atoms with Gasteiger partial charge in [-0.15, -0.1) is 0 Å². The van der Waals surface area contributed by atoms with Gasteiger partial charge in [-0.1, -0.05) is 26.3 Å². The first-order chi connectivity index (χ1) is 10.7. The minimum absolute atomic E-state index is 0.468. The average molecular weight is 305 g/mol. The summed E-state index contributed by atoms with van der Waals surface area (Å²) >= 11 is 0. The Bertz CT molecular complexity index is 465. The molecule has 0 N–H and O–H groups in total. The van der Waals surface area contributed by atoms with Crippen LogP contribution in [0.5, 0.6) is 5.75 Å². The Kier molecular flexibility index (Phi) is 6.71. The summed E-state index contributed by atoms with van der Waals surface area (Å²) in [5.74, 6) is 1.48. The highest BCUT2D eigenvalue weighted by Crippen LogP contribution is 2.33. The highest BCUT2D eigenvalue weighted by Gasteiger charge is 2.18. The number of rotatable bonds is 7. The van der Waals surface area contributed by atoms with Crippen molar-refractivity contribution in [3.05, 3.63) is 28.8 Å². The standard InChI is InChI=1S/C19H31NO2/c1-5-22-14-16-11-17(13-20-9-7-6-8-10-20)19(15(2)3)18(12-16)21-4/h11-12,15H,5-10,13-14H2,1-4H3. The van der Waals surface area contributed by atoms with E-state index in [2.05, 4.69) is 30.9 Å². The van der Waals surface area contributed by atoms with Crippen molar-refractivity contribution >= 4 is 0 Å². The number of benzene rings is 1. The molecule has 0 aliphatic carbocycles. The van der Waals surface area contributed by atoms with Crippen LogP contribution in [-0.2, 0) is 17.9 Å². The van der Waals surface area contributed by atoms with Crippen LogP contribution in [0.25, 0.3) is 0 Å². The van der Waals surface area contributed by atoms with Gasteiger partial charge in [-0.2, -0.15) is 0 Å². The molecule has 0 aromatic heterocycles. The van der Waals surface area contributed by atoms with Crippen LogP contribution in [0.1, 0.15) is 62.6 Å². The van der Waals surface area contributed by atoms with Gasteiger partial charge < -0.3 is 9.47 Å². The maximum absolute atomic E-state index is 5.68. The van der Waals surface area contributed by atoms with Crippen LogP contribution in [-0.4, -0.2) is 31.7 Å². The fourth-order valence-electron chi connectivity index (χ4n) is 3.36. The van der Waals surface area contributed by atoms with Gasteiger partial charge in [0.05, 0.1) is 13.7 Å². The molecular formula is C19H31NO2. The van der Waals surface area contributed by atoms with Crippen molar-refractivity contribution in [2.75, 3.05) is 26.8 Å². The van der Waals surface area contributed by atoms with E-state index >= 15 is 0 Å². The smallest absolute Gasteiger partial charge is 0.122 e. The summed E-state index contributed by atoms with van der Waals surface area (Å²) in [4.78, 5) is 2.58. The summed E-state index contributed by atoms with van der Waals surface area (Å²) in [6.07, 6.45) is 4.03. The molecule has 0 radical (unpaired) electrons. The van der Waals surface area contributed by atoms with Gasteiger partial charge in [0.2, 0.25) is 0 Å². The SMILES string of the molecule is CCOCc1cc(CN2CCCCC2)c(C(C)C)c(OC)c1. The van der Waals surface area contributed by atoms with Crippen LogP contribution in [0, 0.1) is 0 Å². The molecule has 1 aliphatic rings. The Morgan fingerprint density at radius 2 is 1.86 bits per heavy atom. The number of hydrogen-bond donors (Lipinski definition) is 0. The lowest BCUT2D eigenvalue weighted by molar-refractivity contribution is 0.133. The second-order valence-corrected chi connectivity index (χ2v) is 6.50. The third kappa shape index (κ3) is 4.47. The van der Waals surface area contributed by atoms with E-state index in [1.807, 2.05) is 6.92 Å². The number of ether oxygens (including phenoxy) is 2. The molecule has 0 bridgehead atoms. The van der Waals surface area contributed by atoms with Gasteiger partial charge in [0.1, 0.15) is 5.75 Å². The van der Waals surface area contributed by atoms with E-state index in [-0.39, 0.29) is 0 Å². The summed E-state index contributed by atoms with van der Waals surface area (Å²) in [5, 5.41) is 0. The molecular weight excluding hydrogens is 274 g/mol. The summed E-state index contributed by atoms with van der Waals surface area (Å²) in [6.45, 7) is 11.4. The second kappa shape index (κ2) is 8.54. The third-order valence-corrected chi connectivity index (χ3v) is 4.40. The molecule has 1 heterocycles. The largest absolute Gasteiger partial charge is 0.496 e. The lowest BCUT2D eigenvalue weighted by Gasteiger charge is -2.29. The summed E-state index contributed by atoms with van der Waals surface area (Å²) in [7, 11) is 1.77. The minimum atomic E-state index is 0.468. The average Bonchev–Trinajstić information content (AvgIpc) is 2.53. The van der Waals surface area contributed by atoms with Gasteiger partial charge in [-0.25, -0.2) is 0 Å². The van der Waals surface area contributed by atoms with Gasteiger partial charge in [0, 0.05) is 18.7 Å². The molecule has 0 spiro atoms. The molecule has 0 atom stereocenters. The van der Waals surface area contributed by atoms with Crippen LogP contribution in [0.2, 0.25) is 0 Å². The van der Waals surface area contributed by atoms with Crippen molar-refractivity contribution in [2.24, 2.45) is 0 Å². The molecule has 2 rings (SSSR count). The highest BCUT2D eigenvalue weighted by atomic mass is 16.5. The van der Waals surface area contributed by atoms with Gasteiger partial charge in [0.25, 0.3) is 0 Å². The van der Waals surface area contributed by atoms with E-state index in [1.165, 1.54) is 49.0 Å². The summed E-state index contributed by atoms with van der Waals surface area (Å²) in [5.41, 5.74) is 3.98. The molecule has 1 aliphatic heterocycles. The Balaban J connectivity index is 2.29. The third-order valence-electron chi connectivity index (χ3n) is 4.40. The number of piperidine rings is 1. The van der Waals surface area contributed by atoms with Gasteiger partial charge in [0.15, 0.2) is 0 Å². The molecule has 1 aromatic rings. The van der Waals surface area contributed by atoms with Crippen molar-refractivity contribution < 1.29 is 9.47 Å². The lowest BCUT2D eigenvalue weighted by Crippen LogP contribution is -2.29. The maximum atomic E-state index is 5.68. The van der Waals surface area contributed by atoms with Crippen molar-refractivity contribution in [3.8, 4) is 5.75 Å². The molecule has 0 unspecified atom stereocenters. The number of nitrogens with zero attached hydrogens (tertiary/aromatic N) is 1. The monoisotopic (exact) mass is 305 g/mol. The second-order valence-electron chi connectivity index (χ2n) is 6.50. The fourth-order valence-corrected chi connectivity index (χ4v) is 3.36. The highest BCUT2D eigenvalue weighted by molar-refractivity contribution is 5.45. The molecule has 0 saturated carbocycles. The van der Waals surface area contributed by atoms with E-state index < -0.39 is 0 Å². The van der Waals surface area contributed by atoms with Gasteiger partial charge in [-0.05, 0) is 56.0 Å². The zero-order chi connectivity index (χ0) is 15.9. The van der Waals surface area contributed by atoms with E-state index in [0.29, 0.717) is 12.5 Å². The van der Waals surface area contributed by atoms with E-state index in [0.717, 1.165) is 18.9 Å². The van der Waals surface area contributed by atoms with Crippen LogP contribution >= 0.6 is 0 Å². The molecule has 1 saturated heterocycles. The first-order valence-electron chi connectivity index (χ1n) is 8.65. The zero-order valence-electron chi connectivity index (χ0n) is 14.7. The number of likely N-dealkylation sites (tertiary alicyclic amines) is 1. The van der Waals surface area contributed by atoms with Crippen molar-refractivity contribution in [2.45, 2.75) is 59.1 Å². The molecule has 3 nitrogen and oxygen atoms in total.